The molecule has 0 aliphatic carbocycles. The maximum atomic E-state index is 12.1. The molecule has 0 saturated heterocycles. The molecular weight excluding hydrogens is 221 g/mol. The minimum Gasteiger partial charge on any atom is -0.383 e. The fraction of sp³-hybridized carbons (Fsp3) is 0.286. The summed E-state index contributed by atoms with van der Waals surface area (Å²) in [4.78, 5) is 3.40. The number of nitrogens with two attached hydrogens (primary N) is 1. The number of aliphatic hydroxyl groups excluding tert-OH is 1. The summed E-state index contributed by atoms with van der Waals surface area (Å²) in [7, 11) is 0. The Balaban J connectivity index is 3.12. The minimum atomic E-state index is -4.78. The lowest BCUT2D eigenvalue weighted by Gasteiger charge is -2.15. The van der Waals surface area contributed by atoms with Gasteiger partial charge in [-0.1, -0.05) is 11.6 Å². The van der Waals surface area contributed by atoms with Crippen LogP contribution >= 0.6 is 11.6 Å². The second-order valence-corrected chi connectivity index (χ2v) is 3.01. The lowest BCUT2D eigenvalue weighted by molar-refractivity contribution is -0.206. The molecule has 78 valence electrons. The van der Waals surface area contributed by atoms with Crippen molar-refractivity contribution in [1.82, 2.24) is 4.98 Å². The number of rotatable bonds is 1. The summed E-state index contributed by atoms with van der Waals surface area (Å²) in [5.74, 6) is -0.390. The summed E-state index contributed by atoms with van der Waals surface area (Å²) in [6, 6.07) is 0.933. The van der Waals surface area contributed by atoms with Gasteiger partial charge in [0.2, 0.25) is 0 Å². The molecule has 0 spiro atoms. The number of hydrogen-bond donors (Lipinski definition) is 2. The van der Waals surface area contributed by atoms with E-state index in [1.807, 2.05) is 0 Å². The van der Waals surface area contributed by atoms with Gasteiger partial charge in [-0.25, -0.2) is 4.98 Å². The number of anilines is 1. The maximum Gasteiger partial charge on any atom is 0.418 e. The van der Waals surface area contributed by atoms with Crippen LogP contribution in [0.15, 0.2) is 12.3 Å². The van der Waals surface area contributed by atoms with E-state index in [1.54, 1.807) is 0 Å². The van der Waals surface area contributed by atoms with E-state index in [0.29, 0.717) is 0 Å². The van der Waals surface area contributed by atoms with Crippen molar-refractivity contribution in [3.05, 3.63) is 22.8 Å². The van der Waals surface area contributed by atoms with Gasteiger partial charge in [-0.15, -0.1) is 0 Å². The molecule has 14 heavy (non-hydrogen) atoms. The highest BCUT2D eigenvalue weighted by Crippen LogP contribution is 2.35. The lowest BCUT2D eigenvalue weighted by atomic mass is 10.1. The van der Waals surface area contributed by atoms with Gasteiger partial charge in [0.25, 0.3) is 0 Å². The Kier molecular flexibility index (Phi) is 2.86. The summed E-state index contributed by atoms with van der Waals surface area (Å²) < 4.78 is 36.2. The van der Waals surface area contributed by atoms with Gasteiger partial charge in [0, 0.05) is 11.8 Å². The maximum absolute atomic E-state index is 12.1. The summed E-state index contributed by atoms with van der Waals surface area (Å²) in [6.07, 6.45) is -6.34. The minimum absolute atomic E-state index is 0.0162. The largest absolute Gasteiger partial charge is 0.418 e. The number of aromatic nitrogens is 1. The second-order valence-electron chi connectivity index (χ2n) is 2.57. The van der Waals surface area contributed by atoms with Gasteiger partial charge < -0.3 is 10.8 Å². The molecule has 0 fully saturated rings. The molecule has 0 aliphatic rings. The molecule has 1 aromatic rings. The SMILES string of the molecule is Nc1ncc(Cl)cc1C(O)C(F)(F)F. The van der Waals surface area contributed by atoms with Crippen molar-refractivity contribution in [3.63, 3.8) is 0 Å². The van der Waals surface area contributed by atoms with Gasteiger partial charge in [-0.3, -0.25) is 0 Å². The van der Waals surface area contributed by atoms with E-state index < -0.39 is 17.8 Å². The topological polar surface area (TPSA) is 59.1 Å². The van der Waals surface area contributed by atoms with Crippen molar-refractivity contribution in [3.8, 4) is 0 Å². The van der Waals surface area contributed by atoms with Crippen molar-refractivity contribution >= 4 is 17.4 Å². The first-order valence-electron chi connectivity index (χ1n) is 3.48. The van der Waals surface area contributed by atoms with Gasteiger partial charge >= 0.3 is 6.18 Å². The van der Waals surface area contributed by atoms with Crippen LogP contribution in [0.3, 0.4) is 0 Å². The van der Waals surface area contributed by atoms with Crippen LogP contribution in [0.5, 0.6) is 0 Å². The fourth-order valence-corrected chi connectivity index (χ4v) is 1.03. The van der Waals surface area contributed by atoms with Gasteiger partial charge in [0.05, 0.1) is 5.02 Å². The zero-order valence-electron chi connectivity index (χ0n) is 6.72. The van der Waals surface area contributed by atoms with Gasteiger partial charge in [0.1, 0.15) is 5.82 Å². The number of nitrogens with zero attached hydrogens (tertiary/aromatic N) is 1. The zero-order valence-corrected chi connectivity index (χ0v) is 7.47. The summed E-state index contributed by atoms with van der Waals surface area (Å²) in [6.45, 7) is 0. The molecule has 0 aliphatic heterocycles. The first-order chi connectivity index (χ1) is 6.32. The third-order valence-electron chi connectivity index (χ3n) is 1.52. The molecule has 3 N–H and O–H groups in total. The van der Waals surface area contributed by atoms with Crippen molar-refractivity contribution in [2.24, 2.45) is 0 Å². The Bertz CT molecular complexity index is 342. The number of halogens is 4. The Hall–Kier alpha value is -1.01. The Morgan fingerprint density at radius 2 is 2.07 bits per heavy atom. The molecule has 1 aromatic heterocycles. The van der Waals surface area contributed by atoms with Crippen LogP contribution < -0.4 is 5.73 Å². The highest BCUT2D eigenvalue weighted by atomic mass is 35.5. The number of nitrogen functional groups attached to an aromatic ring is 1. The van der Waals surface area contributed by atoms with Crippen LogP contribution in [0.25, 0.3) is 0 Å². The number of alkyl halides is 3. The summed E-state index contributed by atoms with van der Waals surface area (Å²) in [5, 5.41) is 8.84. The monoisotopic (exact) mass is 226 g/mol. The van der Waals surface area contributed by atoms with Crippen molar-refractivity contribution in [2.75, 3.05) is 5.73 Å². The predicted octanol–water partition coefficient (Wildman–Crippen LogP) is 1.91. The molecule has 1 atom stereocenters. The van der Waals surface area contributed by atoms with E-state index in [4.69, 9.17) is 22.4 Å². The lowest BCUT2D eigenvalue weighted by Crippen LogP contribution is -2.21. The third kappa shape index (κ3) is 2.27. The average Bonchev–Trinajstić information content (AvgIpc) is 2.06. The molecule has 0 radical (unpaired) electrons. The quantitative estimate of drug-likeness (QED) is 0.769. The van der Waals surface area contributed by atoms with E-state index in [2.05, 4.69) is 4.98 Å². The Labute approximate surface area is 82.3 Å². The third-order valence-corrected chi connectivity index (χ3v) is 1.73. The zero-order chi connectivity index (χ0) is 10.9. The molecule has 1 heterocycles. The number of hydrogen-bond acceptors (Lipinski definition) is 3. The van der Waals surface area contributed by atoms with Gasteiger partial charge in [0.15, 0.2) is 6.10 Å². The van der Waals surface area contributed by atoms with Crippen molar-refractivity contribution in [1.29, 1.82) is 0 Å². The van der Waals surface area contributed by atoms with E-state index >= 15 is 0 Å². The first kappa shape index (κ1) is 11.1. The Morgan fingerprint density at radius 1 is 1.50 bits per heavy atom. The van der Waals surface area contributed by atoms with E-state index in [-0.39, 0.29) is 10.8 Å². The standard InChI is InChI=1S/C7H6ClF3N2O/c8-3-1-4(6(12)13-2-3)5(14)7(9,10)11/h1-2,5,14H,(H2,12,13). The summed E-state index contributed by atoms with van der Waals surface area (Å²) >= 11 is 5.41. The first-order valence-corrected chi connectivity index (χ1v) is 3.86. The Morgan fingerprint density at radius 3 is 2.57 bits per heavy atom. The summed E-state index contributed by atoms with van der Waals surface area (Å²) in [5.41, 5.74) is 4.62. The van der Waals surface area contributed by atoms with Crippen LogP contribution in [0.2, 0.25) is 5.02 Å². The van der Waals surface area contributed by atoms with Crippen molar-refractivity contribution < 1.29 is 18.3 Å². The predicted molar refractivity (Wildman–Crippen MR) is 44.7 cm³/mol. The second kappa shape index (κ2) is 3.62. The molecule has 1 rings (SSSR count). The molecule has 0 saturated carbocycles. The van der Waals surface area contributed by atoms with Gasteiger partial charge in [-0.05, 0) is 6.07 Å². The van der Waals surface area contributed by atoms with Crippen LogP contribution in [-0.2, 0) is 0 Å². The smallest absolute Gasteiger partial charge is 0.383 e. The highest BCUT2D eigenvalue weighted by molar-refractivity contribution is 6.30. The van der Waals surface area contributed by atoms with Gasteiger partial charge in [-0.2, -0.15) is 13.2 Å². The van der Waals surface area contributed by atoms with Crippen LogP contribution in [0, 0.1) is 0 Å². The average molecular weight is 227 g/mol. The number of pyridine rings is 1. The molecule has 0 amide bonds. The van der Waals surface area contributed by atoms with E-state index in [0.717, 1.165) is 12.3 Å². The highest BCUT2D eigenvalue weighted by Gasteiger charge is 2.40. The molecule has 7 heteroatoms. The molecule has 1 unspecified atom stereocenters. The number of aliphatic hydroxyl groups is 1. The fourth-order valence-electron chi connectivity index (χ4n) is 0.861. The molecule has 0 aromatic carbocycles. The molecular formula is C7H6ClF3N2O. The van der Waals surface area contributed by atoms with Crippen LogP contribution in [0.1, 0.15) is 11.7 Å². The molecule has 0 bridgehead atoms. The van der Waals surface area contributed by atoms with Crippen LogP contribution in [-0.4, -0.2) is 16.3 Å². The van der Waals surface area contributed by atoms with E-state index in [1.165, 1.54) is 0 Å². The van der Waals surface area contributed by atoms with E-state index in [9.17, 15) is 13.2 Å². The molecule has 3 nitrogen and oxygen atoms in total. The normalized spacial score (nSPS) is 14.1. The van der Waals surface area contributed by atoms with Crippen LogP contribution in [0.4, 0.5) is 19.0 Å². The van der Waals surface area contributed by atoms with Crippen molar-refractivity contribution in [2.45, 2.75) is 12.3 Å².